The Morgan fingerprint density at radius 2 is 1.75 bits per heavy atom. The van der Waals surface area contributed by atoms with Gasteiger partial charge in [0.05, 0.1) is 7.11 Å². The summed E-state index contributed by atoms with van der Waals surface area (Å²) in [4.78, 5) is 24.2. The topological polar surface area (TPSA) is 67.4 Å². The van der Waals surface area contributed by atoms with Crippen molar-refractivity contribution in [2.75, 3.05) is 19.0 Å². The van der Waals surface area contributed by atoms with Crippen molar-refractivity contribution < 1.29 is 23.1 Å². The van der Waals surface area contributed by atoms with E-state index in [0.717, 1.165) is 36.0 Å². The van der Waals surface area contributed by atoms with Crippen LogP contribution in [0.1, 0.15) is 29.3 Å². The average Bonchev–Trinajstić information content (AvgIpc) is 2.68. The van der Waals surface area contributed by atoms with Gasteiger partial charge in [-0.2, -0.15) is 0 Å². The second-order valence-corrected chi connectivity index (χ2v) is 5.94. The minimum atomic E-state index is -1.08. The van der Waals surface area contributed by atoms with Gasteiger partial charge in [-0.05, 0) is 43.2 Å². The third-order valence-electron chi connectivity index (χ3n) is 3.95. The lowest BCUT2D eigenvalue weighted by atomic mass is 10.1. The lowest BCUT2D eigenvalue weighted by Gasteiger charge is -2.15. The fourth-order valence-corrected chi connectivity index (χ4v) is 2.56. The van der Waals surface area contributed by atoms with Crippen LogP contribution in [0.25, 0.3) is 6.08 Å². The maximum atomic E-state index is 13.8. The van der Waals surface area contributed by atoms with Gasteiger partial charge in [-0.1, -0.05) is 30.4 Å². The molecule has 2 N–H and O–H groups in total. The number of nitrogens with one attached hydrogen (secondary N) is 2. The predicted molar refractivity (Wildman–Crippen MR) is 104 cm³/mol. The summed E-state index contributed by atoms with van der Waals surface area (Å²) >= 11 is 0. The smallest absolute Gasteiger partial charge is 0.328 e. The number of anilines is 1. The minimum absolute atomic E-state index is 0.101. The molecule has 0 heterocycles. The molecular weight excluding hydrogens is 366 g/mol. The van der Waals surface area contributed by atoms with E-state index >= 15 is 0 Å². The Morgan fingerprint density at radius 1 is 1.11 bits per heavy atom. The van der Waals surface area contributed by atoms with E-state index in [2.05, 4.69) is 15.4 Å². The number of esters is 1. The molecule has 7 heteroatoms. The second-order valence-electron chi connectivity index (χ2n) is 5.94. The quantitative estimate of drug-likeness (QED) is 0.676. The number of hydrogen-bond acceptors (Lipinski definition) is 4. The average molecular weight is 388 g/mol. The molecule has 0 aliphatic carbocycles. The summed E-state index contributed by atoms with van der Waals surface area (Å²) < 4.78 is 32.2. The van der Waals surface area contributed by atoms with Gasteiger partial charge in [-0.25, -0.2) is 13.6 Å². The highest BCUT2D eigenvalue weighted by molar-refractivity contribution is 5.97. The molecule has 148 valence electrons. The number of halogens is 2. The van der Waals surface area contributed by atoms with Crippen molar-refractivity contribution >= 4 is 23.6 Å². The molecule has 1 amide bonds. The van der Waals surface area contributed by atoms with Crippen molar-refractivity contribution in [3.8, 4) is 0 Å². The summed E-state index contributed by atoms with van der Waals surface area (Å²) in [6.45, 7) is 2.82. The number of carbonyl (C=O) groups excluding carboxylic acids is 2. The summed E-state index contributed by atoms with van der Waals surface area (Å²) in [7, 11) is 1.17. The van der Waals surface area contributed by atoms with Gasteiger partial charge in [0, 0.05) is 12.2 Å². The van der Waals surface area contributed by atoms with Gasteiger partial charge in [-0.15, -0.1) is 0 Å². The van der Waals surface area contributed by atoms with Crippen LogP contribution in [-0.4, -0.2) is 31.6 Å². The van der Waals surface area contributed by atoms with Crippen molar-refractivity contribution in [1.82, 2.24) is 5.32 Å². The molecular formula is C21H22F2N2O3. The van der Waals surface area contributed by atoms with E-state index in [-0.39, 0.29) is 6.42 Å². The number of hydrogen-bond donors (Lipinski definition) is 2. The minimum Gasteiger partial charge on any atom is -0.467 e. The van der Waals surface area contributed by atoms with E-state index in [0.29, 0.717) is 0 Å². The van der Waals surface area contributed by atoms with Crippen molar-refractivity contribution in [1.29, 1.82) is 0 Å². The van der Waals surface area contributed by atoms with Gasteiger partial charge in [-0.3, -0.25) is 4.79 Å². The maximum absolute atomic E-state index is 13.8. The van der Waals surface area contributed by atoms with Crippen molar-refractivity contribution in [3.63, 3.8) is 0 Å². The monoisotopic (exact) mass is 388 g/mol. The molecule has 2 rings (SSSR count). The molecule has 0 saturated heterocycles. The fourth-order valence-electron chi connectivity index (χ4n) is 2.56. The molecule has 0 radical (unpaired) electrons. The first-order valence-corrected chi connectivity index (χ1v) is 8.79. The standard InChI is InChI=1S/C21H22F2N2O3/c1-3-24-15-12-10-14(11-13-15)6-4-9-18(21(27)28-2)25-20(26)19-16(22)7-5-8-17(19)23/h4-8,10-13,18,24H,3,9H2,1-2H3,(H,25,26)/b6-4+. The molecule has 28 heavy (non-hydrogen) atoms. The maximum Gasteiger partial charge on any atom is 0.328 e. The Hall–Kier alpha value is -3.22. The molecule has 0 bridgehead atoms. The molecule has 1 unspecified atom stereocenters. The number of amides is 1. The number of benzene rings is 2. The zero-order valence-corrected chi connectivity index (χ0v) is 15.7. The highest BCUT2D eigenvalue weighted by atomic mass is 19.1. The van der Waals surface area contributed by atoms with E-state index in [9.17, 15) is 18.4 Å². The van der Waals surface area contributed by atoms with Crippen LogP contribution in [-0.2, 0) is 9.53 Å². The first-order valence-electron chi connectivity index (χ1n) is 8.79. The van der Waals surface area contributed by atoms with Crippen LogP contribution in [0.2, 0.25) is 0 Å². The second kappa shape index (κ2) is 10.2. The Morgan fingerprint density at radius 3 is 2.32 bits per heavy atom. The van der Waals surface area contributed by atoms with Crippen molar-refractivity contribution in [3.05, 3.63) is 71.3 Å². The fraction of sp³-hybridized carbons (Fsp3) is 0.238. The SMILES string of the molecule is CCNc1ccc(/C=C/CC(NC(=O)c2c(F)cccc2F)C(=O)OC)cc1. The number of ether oxygens (including phenoxy) is 1. The molecule has 0 spiro atoms. The Bertz CT molecular complexity index is 831. The lowest BCUT2D eigenvalue weighted by Crippen LogP contribution is -2.41. The third-order valence-corrected chi connectivity index (χ3v) is 3.95. The first kappa shape index (κ1) is 21.1. The molecule has 0 aliphatic rings. The van der Waals surface area contributed by atoms with Crippen LogP contribution in [0.3, 0.4) is 0 Å². The third kappa shape index (κ3) is 5.64. The van der Waals surface area contributed by atoms with Crippen LogP contribution in [0, 0.1) is 11.6 Å². The summed E-state index contributed by atoms with van der Waals surface area (Å²) in [6.07, 6.45) is 3.56. The molecule has 0 fully saturated rings. The zero-order valence-electron chi connectivity index (χ0n) is 15.7. The Balaban J connectivity index is 2.07. The highest BCUT2D eigenvalue weighted by Crippen LogP contribution is 2.14. The Kier molecular flexibility index (Phi) is 7.68. The van der Waals surface area contributed by atoms with E-state index < -0.39 is 35.1 Å². The van der Waals surface area contributed by atoms with Crippen LogP contribution in [0.5, 0.6) is 0 Å². The van der Waals surface area contributed by atoms with Crippen LogP contribution in [0.4, 0.5) is 14.5 Å². The first-order chi connectivity index (χ1) is 13.5. The van der Waals surface area contributed by atoms with Gasteiger partial charge in [0.2, 0.25) is 0 Å². The van der Waals surface area contributed by atoms with E-state index in [1.807, 2.05) is 31.2 Å². The van der Waals surface area contributed by atoms with Crippen LogP contribution < -0.4 is 10.6 Å². The summed E-state index contributed by atoms with van der Waals surface area (Å²) in [5.74, 6) is -3.73. The highest BCUT2D eigenvalue weighted by Gasteiger charge is 2.24. The van der Waals surface area contributed by atoms with E-state index in [1.54, 1.807) is 12.2 Å². The van der Waals surface area contributed by atoms with Gasteiger partial charge >= 0.3 is 5.97 Å². The number of carbonyl (C=O) groups is 2. The number of rotatable bonds is 8. The largest absolute Gasteiger partial charge is 0.467 e. The summed E-state index contributed by atoms with van der Waals surface area (Å²) in [5, 5.41) is 5.51. The van der Waals surface area contributed by atoms with Crippen molar-refractivity contribution in [2.24, 2.45) is 0 Å². The molecule has 0 saturated carbocycles. The lowest BCUT2D eigenvalue weighted by molar-refractivity contribution is -0.142. The van der Waals surface area contributed by atoms with Gasteiger partial charge in [0.15, 0.2) is 0 Å². The molecule has 5 nitrogen and oxygen atoms in total. The predicted octanol–water partition coefficient (Wildman–Crippen LogP) is 3.77. The van der Waals surface area contributed by atoms with E-state index in [4.69, 9.17) is 0 Å². The number of methoxy groups -OCH3 is 1. The van der Waals surface area contributed by atoms with Gasteiger partial charge < -0.3 is 15.4 Å². The Labute approximate surface area is 162 Å². The zero-order chi connectivity index (χ0) is 20.5. The van der Waals surface area contributed by atoms with Gasteiger partial charge in [0.25, 0.3) is 5.91 Å². The summed E-state index contributed by atoms with van der Waals surface area (Å²) in [6, 6.07) is 9.67. The molecule has 2 aromatic carbocycles. The molecule has 0 aliphatic heterocycles. The molecule has 0 aromatic heterocycles. The van der Waals surface area contributed by atoms with Crippen LogP contribution >= 0.6 is 0 Å². The molecule has 2 aromatic rings. The molecule has 1 atom stereocenters. The normalized spacial score (nSPS) is 11.9. The van der Waals surface area contributed by atoms with E-state index in [1.165, 1.54) is 7.11 Å². The summed E-state index contributed by atoms with van der Waals surface area (Å²) in [5.41, 5.74) is 1.16. The van der Waals surface area contributed by atoms with Crippen molar-refractivity contribution in [2.45, 2.75) is 19.4 Å². The van der Waals surface area contributed by atoms with Gasteiger partial charge in [0.1, 0.15) is 23.2 Å². The van der Waals surface area contributed by atoms with Crippen LogP contribution in [0.15, 0.2) is 48.5 Å².